The average Bonchev–Trinajstić information content (AvgIpc) is 2.85. The monoisotopic (exact) mass is 234 g/mol. The van der Waals surface area contributed by atoms with Crippen molar-refractivity contribution in [2.75, 3.05) is 31.7 Å². The van der Waals surface area contributed by atoms with Crippen molar-refractivity contribution in [3.8, 4) is 11.5 Å². The van der Waals surface area contributed by atoms with Gasteiger partial charge in [-0.3, -0.25) is 0 Å². The van der Waals surface area contributed by atoms with E-state index in [0.29, 0.717) is 6.79 Å². The molecular weight excluding hydrogens is 216 g/mol. The molecular formula is C13H18N2O2. The molecule has 3 rings (SSSR count). The maximum absolute atomic E-state index is 5.36. The second kappa shape index (κ2) is 4.84. The van der Waals surface area contributed by atoms with Crippen molar-refractivity contribution in [1.82, 2.24) is 5.32 Å². The molecule has 0 saturated carbocycles. The van der Waals surface area contributed by atoms with Crippen LogP contribution in [0.5, 0.6) is 11.5 Å². The maximum atomic E-state index is 5.36. The third-order valence-corrected chi connectivity index (χ3v) is 3.37. The molecule has 1 fully saturated rings. The van der Waals surface area contributed by atoms with Gasteiger partial charge in [0.25, 0.3) is 0 Å². The van der Waals surface area contributed by atoms with E-state index in [4.69, 9.17) is 9.47 Å². The third-order valence-electron chi connectivity index (χ3n) is 3.37. The molecule has 4 heteroatoms. The van der Waals surface area contributed by atoms with Crippen molar-refractivity contribution in [1.29, 1.82) is 0 Å². The molecule has 2 aliphatic rings. The van der Waals surface area contributed by atoms with Gasteiger partial charge in [0.05, 0.1) is 0 Å². The lowest BCUT2D eigenvalue weighted by atomic mass is 10.00. The van der Waals surface area contributed by atoms with Crippen LogP contribution < -0.4 is 20.1 Å². The lowest BCUT2D eigenvalue weighted by molar-refractivity contribution is 0.174. The Labute approximate surface area is 101 Å². The summed E-state index contributed by atoms with van der Waals surface area (Å²) in [4.78, 5) is 0. The zero-order valence-corrected chi connectivity index (χ0v) is 9.87. The summed E-state index contributed by atoms with van der Waals surface area (Å²) in [6, 6.07) is 6.02. The van der Waals surface area contributed by atoms with E-state index in [-0.39, 0.29) is 0 Å². The third kappa shape index (κ3) is 2.47. The zero-order valence-electron chi connectivity index (χ0n) is 9.87. The molecule has 0 bridgehead atoms. The van der Waals surface area contributed by atoms with Crippen LogP contribution in [-0.2, 0) is 0 Å². The molecule has 2 aliphatic heterocycles. The van der Waals surface area contributed by atoms with Gasteiger partial charge in [-0.15, -0.1) is 0 Å². The quantitative estimate of drug-likeness (QED) is 0.837. The Morgan fingerprint density at radius 3 is 3.12 bits per heavy atom. The fraction of sp³-hybridized carbons (Fsp3) is 0.538. The summed E-state index contributed by atoms with van der Waals surface area (Å²) in [5.74, 6) is 2.42. The summed E-state index contributed by atoms with van der Waals surface area (Å²) in [6.07, 6.45) is 2.60. The summed E-state index contributed by atoms with van der Waals surface area (Å²) in [6.45, 7) is 3.65. The summed E-state index contributed by atoms with van der Waals surface area (Å²) in [5.41, 5.74) is 1.11. The van der Waals surface area contributed by atoms with Crippen molar-refractivity contribution < 1.29 is 9.47 Å². The SMILES string of the molecule is c1cc2c(cc1NCC1CCCNC1)OCO2. The van der Waals surface area contributed by atoms with Crippen molar-refractivity contribution in [3.05, 3.63) is 18.2 Å². The van der Waals surface area contributed by atoms with Gasteiger partial charge in [0, 0.05) is 18.3 Å². The predicted molar refractivity (Wildman–Crippen MR) is 66.6 cm³/mol. The maximum Gasteiger partial charge on any atom is 0.231 e. The molecule has 1 unspecified atom stereocenters. The molecule has 2 N–H and O–H groups in total. The first-order valence-electron chi connectivity index (χ1n) is 6.26. The van der Waals surface area contributed by atoms with Crippen LogP contribution in [0.2, 0.25) is 0 Å². The number of ether oxygens (including phenoxy) is 2. The highest BCUT2D eigenvalue weighted by molar-refractivity contribution is 5.55. The Balaban J connectivity index is 1.57. The highest BCUT2D eigenvalue weighted by atomic mass is 16.7. The van der Waals surface area contributed by atoms with Crippen LogP contribution in [0.3, 0.4) is 0 Å². The molecule has 0 aromatic heterocycles. The fourth-order valence-corrected chi connectivity index (χ4v) is 2.37. The largest absolute Gasteiger partial charge is 0.454 e. The summed E-state index contributed by atoms with van der Waals surface area (Å²) in [5, 5.41) is 6.90. The topological polar surface area (TPSA) is 42.5 Å². The van der Waals surface area contributed by atoms with Crippen LogP contribution in [0.4, 0.5) is 5.69 Å². The van der Waals surface area contributed by atoms with E-state index in [1.54, 1.807) is 0 Å². The lowest BCUT2D eigenvalue weighted by Crippen LogP contribution is -2.33. The fourth-order valence-electron chi connectivity index (χ4n) is 2.37. The van der Waals surface area contributed by atoms with Gasteiger partial charge in [-0.25, -0.2) is 0 Å². The minimum Gasteiger partial charge on any atom is -0.454 e. The van der Waals surface area contributed by atoms with E-state index >= 15 is 0 Å². The summed E-state index contributed by atoms with van der Waals surface area (Å²) < 4.78 is 10.6. The van der Waals surface area contributed by atoms with Crippen molar-refractivity contribution >= 4 is 5.69 Å². The van der Waals surface area contributed by atoms with E-state index in [1.165, 1.54) is 19.4 Å². The van der Waals surface area contributed by atoms with Crippen LogP contribution >= 0.6 is 0 Å². The molecule has 4 nitrogen and oxygen atoms in total. The standard InChI is InChI=1S/C13H18N2O2/c1-2-10(7-14-5-1)8-15-11-3-4-12-13(6-11)17-9-16-12/h3-4,6,10,14-15H,1-2,5,7-9H2. The molecule has 17 heavy (non-hydrogen) atoms. The second-order valence-corrected chi connectivity index (χ2v) is 4.66. The van der Waals surface area contributed by atoms with Gasteiger partial charge in [-0.2, -0.15) is 0 Å². The molecule has 1 saturated heterocycles. The van der Waals surface area contributed by atoms with Crippen molar-refractivity contribution in [3.63, 3.8) is 0 Å². The highest BCUT2D eigenvalue weighted by Crippen LogP contribution is 2.34. The van der Waals surface area contributed by atoms with Crippen LogP contribution in [0.25, 0.3) is 0 Å². The predicted octanol–water partition coefficient (Wildman–Crippen LogP) is 1.83. The summed E-state index contributed by atoms with van der Waals surface area (Å²) >= 11 is 0. The number of fused-ring (bicyclic) bond motifs is 1. The number of hydrogen-bond donors (Lipinski definition) is 2. The van der Waals surface area contributed by atoms with Gasteiger partial charge in [-0.1, -0.05) is 0 Å². The Morgan fingerprint density at radius 2 is 2.24 bits per heavy atom. The molecule has 1 aromatic rings. The molecule has 0 amide bonds. The first-order chi connectivity index (χ1) is 8.42. The number of rotatable bonds is 3. The van der Waals surface area contributed by atoms with E-state index < -0.39 is 0 Å². The Bertz CT molecular complexity index is 389. The number of nitrogens with one attached hydrogen (secondary N) is 2. The lowest BCUT2D eigenvalue weighted by Gasteiger charge is -2.23. The van der Waals surface area contributed by atoms with Gasteiger partial charge in [0.2, 0.25) is 6.79 Å². The van der Waals surface area contributed by atoms with Gasteiger partial charge in [0.1, 0.15) is 0 Å². The van der Waals surface area contributed by atoms with E-state index in [1.807, 2.05) is 18.2 Å². The Morgan fingerprint density at radius 1 is 1.29 bits per heavy atom. The molecule has 0 radical (unpaired) electrons. The van der Waals surface area contributed by atoms with Crippen LogP contribution in [0.15, 0.2) is 18.2 Å². The first kappa shape index (κ1) is 10.7. The first-order valence-corrected chi connectivity index (χ1v) is 6.26. The van der Waals surface area contributed by atoms with Crippen molar-refractivity contribution in [2.45, 2.75) is 12.8 Å². The molecule has 1 atom stereocenters. The average molecular weight is 234 g/mol. The smallest absolute Gasteiger partial charge is 0.231 e. The minimum atomic E-state index is 0.339. The normalized spacial score (nSPS) is 22.5. The van der Waals surface area contributed by atoms with Gasteiger partial charge < -0.3 is 20.1 Å². The summed E-state index contributed by atoms with van der Waals surface area (Å²) in [7, 11) is 0. The molecule has 2 heterocycles. The van der Waals surface area contributed by atoms with Crippen LogP contribution in [0, 0.1) is 5.92 Å². The van der Waals surface area contributed by atoms with E-state index in [0.717, 1.165) is 36.2 Å². The van der Waals surface area contributed by atoms with Crippen molar-refractivity contribution in [2.24, 2.45) is 5.92 Å². The number of piperidine rings is 1. The number of hydrogen-bond acceptors (Lipinski definition) is 4. The number of anilines is 1. The molecule has 92 valence electrons. The van der Waals surface area contributed by atoms with Gasteiger partial charge in [-0.05, 0) is 44.0 Å². The Kier molecular flexibility index (Phi) is 3.05. The van der Waals surface area contributed by atoms with Gasteiger partial charge >= 0.3 is 0 Å². The number of benzene rings is 1. The van der Waals surface area contributed by atoms with E-state index in [9.17, 15) is 0 Å². The Hall–Kier alpha value is -1.42. The molecule has 1 aromatic carbocycles. The van der Waals surface area contributed by atoms with Crippen LogP contribution in [0.1, 0.15) is 12.8 Å². The highest BCUT2D eigenvalue weighted by Gasteiger charge is 2.15. The minimum absolute atomic E-state index is 0.339. The van der Waals surface area contributed by atoms with Gasteiger partial charge in [0.15, 0.2) is 11.5 Å². The second-order valence-electron chi connectivity index (χ2n) is 4.66. The van der Waals surface area contributed by atoms with E-state index in [2.05, 4.69) is 10.6 Å². The zero-order chi connectivity index (χ0) is 11.5. The van der Waals surface area contributed by atoms with Crippen LogP contribution in [-0.4, -0.2) is 26.4 Å². The molecule has 0 spiro atoms. The molecule has 0 aliphatic carbocycles.